The van der Waals surface area contributed by atoms with Gasteiger partial charge in [-0.15, -0.1) is 0 Å². The van der Waals surface area contributed by atoms with Crippen LogP contribution in [0.15, 0.2) is 48.5 Å². The highest BCUT2D eigenvalue weighted by Crippen LogP contribution is 2.26. The van der Waals surface area contributed by atoms with Crippen LogP contribution in [0, 0.1) is 18.6 Å². The van der Waals surface area contributed by atoms with Crippen molar-refractivity contribution < 1.29 is 8.78 Å². The molecule has 1 heterocycles. The van der Waals surface area contributed by atoms with Gasteiger partial charge in [0.15, 0.2) is 11.6 Å². The summed E-state index contributed by atoms with van der Waals surface area (Å²) in [5, 5.41) is 6.22. The van der Waals surface area contributed by atoms with Crippen molar-refractivity contribution >= 4 is 23.1 Å². The topological polar surface area (TPSA) is 49.8 Å². The Labute approximate surface area is 151 Å². The predicted octanol–water partition coefficient (Wildman–Crippen LogP) is 5.67. The molecule has 0 atom stereocenters. The van der Waals surface area contributed by atoms with Gasteiger partial charge in [-0.05, 0) is 36.6 Å². The lowest BCUT2D eigenvalue weighted by Gasteiger charge is -2.14. The quantitative estimate of drug-likeness (QED) is 0.619. The number of hydrogen-bond acceptors (Lipinski definition) is 4. The second-order valence-electron chi connectivity index (χ2n) is 6.34. The average Bonchev–Trinajstić information content (AvgIpc) is 2.58. The zero-order chi connectivity index (χ0) is 18.7. The molecule has 0 saturated carbocycles. The van der Waals surface area contributed by atoms with Crippen LogP contribution in [0.2, 0.25) is 0 Å². The molecule has 3 aromatic rings. The lowest BCUT2D eigenvalue weighted by atomic mass is 10.0. The Balaban J connectivity index is 1.87. The van der Waals surface area contributed by atoms with E-state index in [1.807, 2.05) is 25.1 Å². The summed E-state index contributed by atoms with van der Waals surface area (Å²) in [6, 6.07) is 13.3. The fourth-order valence-corrected chi connectivity index (χ4v) is 2.65. The van der Waals surface area contributed by atoms with Crippen LogP contribution in [-0.2, 0) is 0 Å². The van der Waals surface area contributed by atoms with E-state index in [9.17, 15) is 8.78 Å². The zero-order valence-corrected chi connectivity index (χ0v) is 14.8. The smallest absolute Gasteiger partial charge is 0.229 e. The van der Waals surface area contributed by atoms with E-state index < -0.39 is 11.6 Å². The van der Waals surface area contributed by atoms with Crippen LogP contribution in [-0.4, -0.2) is 9.97 Å². The van der Waals surface area contributed by atoms with Crippen LogP contribution in [0.3, 0.4) is 0 Å². The molecule has 0 fully saturated rings. The summed E-state index contributed by atoms with van der Waals surface area (Å²) in [5.41, 5.74) is 3.25. The number of aryl methyl sites for hydroxylation is 1. The average molecular weight is 354 g/mol. The zero-order valence-electron chi connectivity index (χ0n) is 14.8. The second kappa shape index (κ2) is 7.47. The molecular weight excluding hydrogens is 334 g/mol. The molecule has 2 N–H and O–H groups in total. The number of hydrogen-bond donors (Lipinski definition) is 2. The van der Waals surface area contributed by atoms with Crippen molar-refractivity contribution in [1.29, 1.82) is 0 Å². The SMILES string of the molecule is Cc1cc(Nc2ccc(F)c(F)c2)nc(Nc2ccccc2C(C)C)n1. The van der Waals surface area contributed by atoms with Crippen molar-refractivity contribution in [1.82, 2.24) is 9.97 Å². The number of anilines is 4. The Morgan fingerprint density at radius 3 is 2.38 bits per heavy atom. The summed E-state index contributed by atoms with van der Waals surface area (Å²) < 4.78 is 26.5. The van der Waals surface area contributed by atoms with Gasteiger partial charge in [-0.2, -0.15) is 4.98 Å². The van der Waals surface area contributed by atoms with E-state index in [1.54, 1.807) is 6.07 Å². The molecule has 0 aliphatic rings. The Morgan fingerprint density at radius 1 is 0.885 bits per heavy atom. The van der Waals surface area contributed by atoms with Crippen molar-refractivity contribution in [3.05, 3.63) is 71.4 Å². The number of nitrogens with one attached hydrogen (secondary N) is 2. The Morgan fingerprint density at radius 2 is 1.65 bits per heavy atom. The standard InChI is InChI=1S/C20H20F2N4/c1-12(2)15-6-4-5-7-18(15)25-20-23-13(3)10-19(26-20)24-14-8-9-16(21)17(22)11-14/h4-12H,1-3H3,(H2,23,24,25,26). The van der Waals surface area contributed by atoms with E-state index in [0.29, 0.717) is 23.4 Å². The third kappa shape index (κ3) is 4.14. The third-order valence-electron chi connectivity index (χ3n) is 3.88. The van der Waals surface area contributed by atoms with E-state index in [4.69, 9.17) is 0 Å². The van der Waals surface area contributed by atoms with Crippen LogP contribution in [0.5, 0.6) is 0 Å². The molecule has 3 rings (SSSR count). The normalized spacial score (nSPS) is 10.8. The Hall–Kier alpha value is -3.02. The first-order chi connectivity index (χ1) is 12.4. The van der Waals surface area contributed by atoms with Gasteiger partial charge in [0.1, 0.15) is 5.82 Å². The van der Waals surface area contributed by atoms with Crippen molar-refractivity contribution in [2.45, 2.75) is 26.7 Å². The number of benzene rings is 2. The first-order valence-electron chi connectivity index (χ1n) is 8.36. The predicted molar refractivity (Wildman–Crippen MR) is 100 cm³/mol. The lowest BCUT2D eigenvalue weighted by molar-refractivity contribution is 0.509. The van der Waals surface area contributed by atoms with E-state index >= 15 is 0 Å². The molecule has 26 heavy (non-hydrogen) atoms. The maximum absolute atomic E-state index is 13.4. The minimum absolute atomic E-state index is 0.350. The fraction of sp³-hybridized carbons (Fsp3) is 0.200. The minimum atomic E-state index is -0.912. The van der Waals surface area contributed by atoms with Gasteiger partial charge in [0.25, 0.3) is 0 Å². The van der Waals surface area contributed by atoms with Crippen LogP contribution < -0.4 is 10.6 Å². The Bertz CT molecular complexity index is 925. The van der Waals surface area contributed by atoms with E-state index in [-0.39, 0.29) is 0 Å². The molecule has 0 saturated heterocycles. The molecule has 0 radical (unpaired) electrons. The van der Waals surface area contributed by atoms with Gasteiger partial charge >= 0.3 is 0 Å². The summed E-state index contributed by atoms with van der Waals surface area (Å²) in [7, 11) is 0. The molecule has 1 aromatic heterocycles. The highest BCUT2D eigenvalue weighted by atomic mass is 19.2. The highest BCUT2D eigenvalue weighted by Gasteiger charge is 2.09. The molecule has 0 bridgehead atoms. The number of para-hydroxylation sites is 1. The van der Waals surface area contributed by atoms with Gasteiger partial charge in [0, 0.05) is 29.2 Å². The monoisotopic (exact) mass is 354 g/mol. The summed E-state index contributed by atoms with van der Waals surface area (Å²) >= 11 is 0. The summed E-state index contributed by atoms with van der Waals surface area (Å²) in [4.78, 5) is 8.83. The molecule has 0 spiro atoms. The summed E-state index contributed by atoms with van der Waals surface area (Å²) in [5.74, 6) is -0.522. The number of nitrogens with zero attached hydrogens (tertiary/aromatic N) is 2. The van der Waals surface area contributed by atoms with E-state index in [0.717, 1.165) is 29.1 Å². The maximum atomic E-state index is 13.4. The largest absolute Gasteiger partial charge is 0.340 e. The van der Waals surface area contributed by atoms with Crippen molar-refractivity contribution in [3.63, 3.8) is 0 Å². The minimum Gasteiger partial charge on any atom is -0.340 e. The number of halogens is 2. The second-order valence-corrected chi connectivity index (χ2v) is 6.34. The third-order valence-corrected chi connectivity index (χ3v) is 3.88. The van der Waals surface area contributed by atoms with Gasteiger partial charge < -0.3 is 10.6 Å². The van der Waals surface area contributed by atoms with Gasteiger partial charge in [0.05, 0.1) is 0 Å². The van der Waals surface area contributed by atoms with Gasteiger partial charge in [-0.3, -0.25) is 0 Å². The number of aromatic nitrogens is 2. The van der Waals surface area contributed by atoms with Gasteiger partial charge in [-0.1, -0.05) is 32.0 Å². The van der Waals surface area contributed by atoms with Crippen LogP contribution in [0.25, 0.3) is 0 Å². The molecule has 0 unspecified atom stereocenters. The van der Waals surface area contributed by atoms with Crippen LogP contribution in [0.1, 0.15) is 31.0 Å². The first kappa shape index (κ1) is 17.8. The highest BCUT2D eigenvalue weighted by molar-refractivity contribution is 5.62. The van der Waals surface area contributed by atoms with Gasteiger partial charge in [0.2, 0.25) is 5.95 Å². The van der Waals surface area contributed by atoms with Crippen LogP contribution >= 0.6 is 0 Å². The van der Waals surface area contributed by atoms with Crippen molar-refractivity contribution in [2.75, 3.05) is 10.6 Å². The fourth-order valence-electron chi connectivity index (χ4n) is 2.65. The molecule has 134 valence electrons. The first-order valence-corrected chi connectivity index (χ1v) is 8.36. The molecule has 0 amide bonds. The van der Waals surface area contributed by atoms with E-state index in [2.05, 4.69) is 40.5 Å². The molecule has 0 aliphatic carbocycles. The number of rotatable bonds is 5. The molecule has 2 aromatic carbocycles. The van der Waals surface area contributed by atoms with Gasteiger partial charge in [-0.25, -0.2) is 13.8 Å². The summed E-state index contributed by atoms with van der Waals surface area (Å²) in [6.07, 6.45) is 0. The van der Waals surface area contributed by atoms with Crippen molar-refractivity contribution in [2.24, 2.45) is 0 Å². The molecule has 0 aliphatic heterocycles. The van der Waals surface area contributed by atoms with E-state index in [1.165, 1.54) is 6.07 Å². The summed E-state index contributed by atoms with van der Waals surface area (Å²) in [6.45, 7) is 6.08. The molecule has 6 heteroatoms. The molecule has 4 nitrogen and oxygen atoms in total. The van der Waals surface area contributed by atoms with Crippen molar-refractivity contribution in [3.8, 4) is 0 Å². The van der Waals surface area contributed by atoms with Crippen LogP contribution in [0.4, 0.5) is 31.9 Å². The maximum Gasteiger partial charge on any atom is 0.229 e. The Kier molecular flexibility index (Phi) is 5.11. The lowest BCUT2D eigenvalue weighted by Crippen LogP contribution is -2.04. The molecular formula is C20H20F2N4.